The summed E-state index contributed by atoms with van der Waals surface area (Å²) in [5.74, 6) is -0.458. The maximum Gasteiger partial charge on any atom is 0.257 e. The van der Waals surface area contributed by atoms with E-state index in [4.69, 9.17) is 0 Å². The molecule has 0 unspecified atom stereocenters. The number of nitrogens with zero attached hydrogens (tertiary/aromatic N) is 2. The molecule has 1 N–H and O–H groups in total. The SMILES string of the molecule is O=C(Nc1ncc(Br)nc1Br)c1ccc(F)cc1I. The predicted molar refractivity (Wildman–Crippen MR) is 84.5 cm³/mol. The smallest absolute Gasteiger partial charge is 0.257 e. The highest BCUT2D eigenvalue weighted by Crippen LogP contribution is 2.21. The van der Waals surface area contributed by atoms with Crippen LogP contribution in [0, 0.1) is 9.39 Å². The zero-order valence-corrected chi connectivity index (χ0v) is 14.5. The average molecular weight is 501 g/mol. The Kier molecular flexibility index (Phi) is 4.85. The molecule has 1 heterocycles. The van der Waals surface area contributed by atoms with E-state index in [2.05, 4.69) is 47.1 Å². The maximum atomic E-state index is 13.0. The Hall–Kier alpha value is -0.610. The quantitative estimate of drug-likeness (QED) is 0.634. The van der Waals surface area contributed by atoms with E-state index in [-0.39, 0.29) is 11.7 Å². The lowest BCUT2D eigenvalue weighted by atomic mass is 10.2. The lowest BCUT2D eigenvalue weighted by Gasteiger charge is -2.07. The second kappa shape index (κ2) is 6.23. The number of nitrogens with one attached hydrogen (secondary N) is 1. The van der Waals surface area contributed by atoms with E-state index < -0.39 is 0 Å². The van der Waals surface area contributed by atoms with E-state index in [9.17, 15) is 9.18 Å². The van der Waals surface area contributed by atoms with E-state index >= 15 is 0 Å². The van der Waals surface area contributed by atoms with Gasteiger partial charge < -0.3 is 5.32 Å². The maximum absolute atomic E-state index is 13.0. The van der Waals surface area contributed by atoms with Gasteiger partial charge in [0, 0.05) is 3.57 Å². The fraction of sp³-hybridized carbons (Fsp3) is 0. The van der Waals surface area contributed by atoms with Crippen molar-refractivity contribution in [1.29, 1.82) is 0 Å². The lowest BCUT2D eigenvalue weighted by molar-refractivity contribution is 0.102. The number of aromatic nitrogens is 2. The molecule has 4 nitrogen and oxygen atoms in total. The molecule has 8 heteroatoms. The first kappa shape index (κ1) is 14.8. The number of anilines is 1. The van der Waals surface area contributed by atoms with Crippen molar-refractivity contribution in [3.05, 3.63) is 48.6 Å². The number of carbonyl (C=O) groups is 1. The van der Waals surface area contributed by atoms with E-state index in [0.29, 0.717) is 24.2 Å². The molecular weight excluding hydrogens is 496 g/mol. The van der Waals surface area contributed by atoms with Gasteiger partial charge in [0.25, 0.3) is 5.91 Å². The number of hydrogen-bond acceptors (Lipinski definition) is 3. The number of rotatable bonds is 2. The number of amides is 1. The van der Waals surface area contributed by atoms with Gasteiger partial charge in [-0.05, 0) is 72.6 Å². The molecule has 1 aromatic carbocycles. The molecule has 0 aliphatic heterocycles. The summed E-state index contributed by atoms with van der Waals surface area (Å²) in [5.41, 5.74) is 0.374. The van der Waals surface area contributed by atoms with E-state index in [0.717, 1.165) is 0 Å². The molecule has 0 fully saturated rings. The van der Waals surface area contributed by atoms with Gasteiger partial charge in [-0.25, -0.2) is 14.4 Å². The first-order valence-corrected chi connectivity index (χ1v) is 7.58. The molecular formula is C11H5Br2FIN3O. The normalized spacial score (nSPS) is 10.3. The van der Waals surface area contributed by atoms with Gasteiger partial charge in [-0.15, -0.1) is 0 Å². The van der Waals surface area contributed by atoms with Crippen molar-refractivity contribution in [1.82, 2.24) is 9.97 Å². The molecule has 0 atom stereocenters. The Balaban J connectivity index is 2.25. The Morgan fingerprint density at radius 1 is 1.37 bits per heavy atom. The number of carbonyl (C=O) groups excluding carboxylic acids is 1. The standard InChI is InChI=1S/C11H5Br2FIN3O/c12-8-4-16-10(9(13)17-8)18-11(19)6-2-1-5(14)3-7(6)15/h1-4H,(H,16,18,19). The van der Waals surface area contributed by atoms with Gasteiger partial charge in [0.05, 0.1) is 11.8 Å². The zero-order chi connectivity index (χ0) is 14.0. The number of halogens is 4. The molecule has 19 heavy (non-hydrogen) atoms. The van der Waals surface area contributed by atoms with Crippen LogP contribution in [0.25, 0.3) is 0 Å². The van der Waals surface area contributed by atoms with Crippen LogP contribution in [0.15, 0.2) is 33.6 Å². The van der Waals surface area contributed by atoms with Crippen LogP contribution in [0.1, 0.15) is 10.4 Å². The molecule has 0 aliphatic carbocycles. The van der Waals surface area contributed by atoms with Crippen LogP contribution in [0.2, 0.25) is 0 Å². The highest BCUT2D eigenvalue weighted by Gasteiger charge is 2.13. The highest BCUT2D eigenvalue weighted by molar-refractivity contribution is 14.1. The monoisotopic (exact) mass is 499 g/mol. The first-order valence-electron chi connectivity index (χ1n) is 4.92. The van der Waals surface area contributed by atoms with Crippen LogP contribution in [0.3, 0.4) is 0 Å². The molecule has 0 saturated carbocycles. The highest BCUT2D eigenvalue weighted by atomic mass is 127. The number of benzene rings is 1. The summed E-state index contributed by atoms with van der Waals surface area (Å²) >= 11 is 8.27. The molecule has 0 saturated heterocycles. The van der Waals surface area contributed by atoms with Gasteiger partial charge in [0.2, 0.25) is 0 Å². The van der Waals surface area contributed by atoms with Crippen molar-refractivity contribution < 1.29 is 9.18 Å². The summed E-state index contributed by atoms with van der Waals surface area (Å²) in [4.78, 5) is 20.1. The molecule has 98 valence electrons. The van der Waals surface area contributed by atoms with Crippen LogP contribution in [0.4, 0.5) is 10.2 Å². The average Bonchev–Trinajstić information content (AvgIpc) is 2.32. The molecule has 0 radical (unpaired) electrons. The third-order valence-electron chi connectivity index (χ3n) is 2.11. The van der Waals surface area contributed by atoms with Crippen molar-refractivity contribution in [2.45, 2.75) is 0 Å². The van der Waals surface area contributed by atoms with Crippen molar-refractivity contribution in [3.63, 3.8) is 0 Å². The lowest BCUT2D eigenvalue weighted by Crippen LogP contribution is -2.15. The molecule has 1 aromatic heterocycles. The molecule has 0 bridgehead atoms. The van der Waals surface area contributed by atoms with Crippen LogP contribution in [-0.4, -0.2) is 15.9 Å². The van der Waals surface area contributed by atoms with Gasteiger partial charge in [0.1, 0.15) is 15.0 Å². The summed E-state index contributed by atoms with van der Waals surface area (Å²) in [6, 6.07) is 3.95. The third kappa shape index (κ3) is 3.69. The second-order valence-corrected chi connectivity index (χ2v) is 6.14. The summed E-state index contributed by atoms with van der Waals surface area (Å²) in [6.45, 7) is 0. The van der Waals surface area contributed by atoms with Gasteiger partial charge >= 0.3 is 0 Å². The summed E-state index contributed by atoms with van der Waals surface area (Å²) in [6.07, 6.45) is 1.47. The van der Waals surface area contributed by atoms with Crippen LogP contribution >= 0.6 is 54.5 Å². The third-order valence-corrected chi connectivity index (χ3v) is 3.94. The minimum atomic E-state index is -0.384. The molecule has 0 spiro atoms. The summed E-state index contributed by atoms with van der Waals surface area (Å²) in [5, 5.41) is 2.61. The largest absolute Gasteiger partial charge is 0.304 e. The van der Waals surface area contributed by atoms with E-state index in [1.54, 1.807) is 0 Å². The minimum Gasteiger partial charge on any atom is -0.304 e. The van der Waals surface area contributed by atoms with Gasteiger partial charge in [-0.2, -0.15) is 0 Å². The number of hydrogen-bond donors (Lipinski definition) is 1. The Morgan fingerprint density at radius 2 is 2.11 bits per heavy atom. The fourth-order valence-electron chi connectivity index (χ4n) is 1.28. The summed E-state index contributed by atoms with van der Waals surface area (Å²) < 4.78 is 14.5. The molecule has 0 aliphatic rings. The molecule has 2 rings (SSSR count). The zero-order valence-electron chi connectivity index (χ0n) is 9.12. The van der Waals surface area contributed by atoms with Crippen LogP contribution < -0.4 is 5.32 Å². The van der Waals surface area contributed by atoms with Crippen molar-refractivity contribution >= 4 is 66.2 Å². The van der Waals surface area contributed by atoms with Gasteiger partial charge in [-0.1, -0.05) is 0 Å². The Labute approximate surface area is 138 Å². The van der Waals surface area contributed by atoms with E-state index in [1.807, 2.05) is 22.6 Å². The van der Waals surface area contributed by atoms with E-state index in [1.165, 1.54) is 24.4 Å². The minimum absolute atomic E-state index is 0.299. The second-order valence-electron chi connectivity index (χ2n) is 3.41. The topological polar surface area (TPSA) is 54.9 Å². The van der Waals surface area contributed by atoms with Crippen LogP contribution in [0.5, 0.6) is 0 Å². The first-order chi connectivity index (χ1) is 8.97. The molecule has 1 amide bonds. The van der Waals surface area contributed by atoms with Gasteiger partial charge in [0.15, 0.2) is 5.82 Å². The Bertz CT molecular complexity index is 654. The fourth-order valence-corrected chi connectivity index (χ4v) is 2.91. The van der Waals surface area contributed by atoms with Crippen molar-refractivity contribution in [2.24, 2.45) is 0 Å². The molecule has 2 aromatic rings. The van der Waals surface area contributed by atoms with Crippen molar-refractivity contribution in [2.75, 3.05) is 5.32 Å². The van der Waals surface area contributed by atoms with Crippen LogP contribution in [-0.2, 0) is 0 Å². The predicted octanol–water partition coefficient (Wildman–Crippen LogP) is 4.00. The van der Waals surface area contributed by atoms with Gasteiger partial charge in [-0.3, -0.25) is 4.79 Å². The Morgan fingerprint density at radius 3 is 2.74 bits per heavy atom. The van der Waals surface area contributed by atoms with Crippen molar-refractivity contribution in [3.8, 4) is 0 Å². The summed E-state index contributed by atoms with van der Waals surface area (Å²) in [7, 11) is 0.